The van der Waals surface area contributed by atoms with Crippen molar-refractivity contribution < 1.29 is 22.7 Å². The SMILES string of the molecule is O=C(/C=C/c1cc(Cl)c2c(c1)OCO2)N1CCC(NS(=O)(=O)c2ccccc2)CC1. The Morgan fingerprint density at radius 1 is 1.13 bits per heavy atom. The molecule has 2 aromatic carbocycles. The molecule has 0 aliphatic carbocycles. The van der Waals surface area contributed by atoms with E-state index >= 15 is 0 Å². The molecule has 1 fully saturated rings. The summed E-state index contributed by atoms with van der Waals surface area (Å²) in [6, 6.07) is 11.6. The van der Waals surface area contributed by atoms with Crippen molar-refractivity contribution in [2.24, 2.45) is 0 Å². The van der Waals surface area contributed by atoms with Crippen LogP contribution in [-0.2, 0) is 14.8 Å². The summed E-state index contributed by atoms with van der Waals surface area (Å²) in [4.78, 5) is 14.5. The molecule has 2 heterocycles. The van der Waals surface area contributed by atoms with E-state index < -0.39 is 10.0 Å². The number of ether oxygens (including phenoxy) is 2. The predicted molar refractivity (Wildman–Crippen MR) is 113 cm³/mol. The highest BCUT2D eigenvalue weighted by atomic mass is 35.5. The van der Waals surface area contributed by atoms with E-state index in [1.54, 1.807) is 53.4 Å². The number of sulfonamides is 1. The number of nitrogens with zero attached hydrogens (tertiary/aromatic N) is 1. The molecule has 2 aromatic rings. The van der Waals surface area contributed by atoms with Crippen LogP contribution in [0.1, 0.15) is 18.4 Å². The fourth-order valence-electron chi connectivity index (χ4n) is 3.46. The summed E-state index contributed by atoms with van der Waals surface area (Å²) in [5, 5.41) is 0.434. The largest absolute Gasteiger partial charge is 0.454 e. The number of piperidine rings is 1. The highest BCUT2D eigenvalue weighted by Crippen LogP contribution is 2.40. The quantitative estimate of drug-likeness (QED) is 0.710. The lowest BCUT2D eigenvalue weighted by Crippen LogP contribution is -2.46. The van der Waals surface area contributed by atoms with Gasteiger partial charge in [0.1, 0.15) is 0 Å². The van der Waals surface area contributed by atoms with Crippen molar-refractivity contribution in [3.8, 4) is 11.5 Å². The van der Waals surface area contributed by atoms with Gasteiger partial charge in [0, 0.05) is 25.2 Å². The molecule has 0 saturated carbocycles. The number of benzene rings is 2. The maximum atomic E-state index is 12.5. The number of fused-ring (bicyclic) bond motifs is 1. The van der Waals surface area contributed by atoms with Crippen LogP contribution < -0.4 is 14.2 Å². The van der Waals surface area contributed by atoms with Gasteiger partial charge in [0.25, 0.3) is 0 Å². The summed E-state index contributed by atoms with van der Waals surface area (Å²) in [7, 11) is -3.56. The first-order chi connectivity index (χ1) is 14.4. The van der Waals surface area contributed by atoms with E-state index in [0.29, 0.717) is 42.5 Å². The average Bonchev–Trinajstić information content (AvgIpc) is 3.22. The number of rotatable bonds is 5. The number of carbonyl (C=O) groups is 1. The Morgan fingerprint density at radius 2 is 1.87 bits per heavy atom. The van der Waals surface area contributed by atoms with Crippen LogP contribution in [0.15, 0.2) is 53.4 Å². The van der Waals surface area contributed by atoms with Gasteiger partial charge in [-0.1, -0.05) is 29.8 Å². The standard InChI is InChI=1S/C21H21ClN2O5S/c22-18-12-15(13-19-21(18)29-14-28-19)6-7-20(25)24-10-8-16(9-11-24)23-30(26,27)17-4-2-1-3-5-17/h1-7,12-13,16,23H,8-11,14H2/b7-6+. The number of halogens is 1. The summed E-state index contributed by atoms with van der Waals surface area (Å²) in [6.45, 7) is 1.09. The first-order valence-electron chi connectivity index (χ1n) is 9.56. The Balaban J connectivity index is 1.32. The number of hydrogen-bond donors (Lipinski definition) is 1. The zero-order valence-electron chi connectivity index (χ0n) is 16.1. The van der Waals surface area contributed by atoms with Crippen molar-refractivity contribution in [2.45, 2.75) is 23.8 Å². The molecule has 158 valence electrons. The lowest BCUT2D eigenvalue weighted by atomic mass is 10.1. The zero-order valence-corrected chi connectivity index (χ0v) is 17.7. The molecule has 0 atom stereocenters. The highest BCUT2D eigenvalue weighted by Gasteiger charge is 2.26. The molecule has 0 spiro atoms. The van der Waals surface area contributed by atoms with Crippen LogP contribution >= 0.6 is 11.6 Å². The second-order valence-corrected chi connectivity index (χ2v) is 9.22. The second-order valence-electron chi connectivity index (χ2n) is 7.10. The van der Waals surface area contributed by atoms with Crippen LogP contribution in [0.4, 0.5) is 0 Å². The molecule has 0 unspecified atom stereocenters. The molecule has 0 radical (unpaired) electrons. The molecular weight excluding hydrogens is 428 g/mol. The summed E-state index contributed by atoms with van der Waals surface area (Å²) in [5.74, 6) is 0.939. The predicted octanol–water partition coefficient (Wildman–Crippen LogP) is 3.05. The van der Waals surface area contributed by atoms with Crippen molar-refractivity contribution in [1.82, 2.24) is 9.62 Å². The number of hydrogen-bond acceptors (Lipinski definition) is 5. The summed E-state index contributed by atoms with van der Waals surface area (Å²) in [6.07, 6.45) is 4.28. The molecule has 2 aliphatic heterocycles. The second kappa shape index (κ2) is 8.67. The molecule has 0 bridgehead atoms. The Labute approximate surface area is 180 Å². The van der Waals surface area contributed by atoms with Gasteiger partial charge < -0.3 is 14.4 Å². The molecular formula is C21H21ClN2O5S. The summed E-state index contributed by atoms with van der Waals surface area (Å²) >= 11 is 6.16. The maximum Gasteiger partial charge on any atom is 0.246 e. The van der Waals surface area contributed by atoms with Crippen LogP contribution in [-0.4, -0.2) is 45.1 Å². The van der Waals surface area contributed by atoms with Gasteiger partial charge >= 0.3 is 0 Å². The monoisotopic (exact) mass is 448 g/mol. The minimum Gasteiger partial charge on any atom is -0.454 e. The van der Waals surface area contributed by atoms with Crippen LogP contribution in [0.5, 0.6) is 11.5 Å². The Hall–Kier alpha value is -2.55. The van der Waals surface area contributed by atoms with E-state index in [0.717, 1.165) is 5.56 Å². The molecule has 4 rings (SSSR count). The van der Waals surface area contributed by atoms with Crippen molar-refractivity contribution in [2.75, 3.05) is 19.9 Å². The van der Waals surface area contributed by atoms with Crippen LogP contribution in [0.25, 0.3) is 6.08 Å². The highest BCUT2D eigenvalue weighted by molar-refractivity contribution is 7.89. The molecule has 0 aromatic heterocycles. The van der Waals surface area contributed by atoms with Crippen molar-refractivity contribution in [3.63, 3.8) is 0 Å². The number of likely N-dealkylation sites (tertiary alicyclic amines) is 1. The maximum absolute atomic E-state index is 12.5. The Bertz CT molecular complexity index is 1060. The van der Waals surface area contributed by atoms with E-state index in [9.17, 15) is 13.2 Å². The lowest BCUT2D eigenvalue weighted by Gasteiger charge is -2.31. The van der Waals surface area contributed by atoms with Crippen molar-refractivity contribution in [1.29, 1.82) is 0 Å². The van der Waals surface area contributed by atoms with Crippen LogP contribution in [0.2, 0.25) is 5.02 Å². The van der Waals surface area contributed by atoms with E-state index in [1.165, 1.54) is 6.08 Å². The third kappa shape index (κ3) is 4.61. The molecule has 7 nitrogen and oxygen atoms in total. The fourth-order valence-corrected chi connectivity index (χ4v) is 5.06. The van der Waals surface area contributed by atoms with E-state index in [4.69, 9.17) is 21.1 Å². The van der Waals surface area contributed by atoms with Gasteiger partial charge in [0.05, 0.1) is 9.92 Å². The van der Waals surface area contributed by atoms with E-state index in [-0.39, 0.29) is 23.6 Å². The molecule has 1 amide bonds. The first kappa shape index (κ1) is 20.7. The van der Waals surface area contributed by atoms with Gasteiger partial charge in [0.15, 0.2) is 11.5 Å². The topological polar surface area (TPSA) is 84.9 Å². The zero-order chi connectivity index (χ0) is 21.1. The van der Waals surface area contributed by atoms with E-state index in [2.05, 4.69) is 4.72 Å². The molecule has 1 saturated heterocycles. The van der Waals surface area contributed by atoms with Crippen molar-refractivity contribution in [3.05, 3.63) is 59.1 Å². The molecule has 2 aliphatic rings. The first-order valence-corrected chi connectivity index (χ1v) is 11.4. The number of amides is 1. The fraction of sp³-hybridized carbons (Fsp3) is 0.286. The smallest absolute Gasteiger partial charge is 0.246 e. The molecule has 1 N–H and O–H groups in total. The Morgan fingerprint density at radius 3 is 2.60 bits per heavy atom. The molecule has 30 heavy (non-hydrogen) atoms. The van der Waals surface area contributed by atoms with Crippen LogP contribution in [0, 0.1) is 0 Å². The lowest BCUT2D eigenvalue weighted by molar-refractivity contribution is -0.126. The number of nitrogens with one attached hydrogen (secondary N) is 1. The Kier molecular flexibility index (Phi) is 5.99. The van der Waals surface area contributed by atoms with Gasteiger partial charge in [-0.25, -0.2) is 13.1 Å². The molecule has 9 heteroatoms. The van der Waals surface area contributed by atoms with Crippen molar-refractivity contribution >= 4 is 33.6 Å². The summed E-state index contributed by atoms with van der Waals surface area (Å²) in [5.41, 5.74) is 0.739. The summed E-state index contributed by atoms with van der Waals surface area (Å²) < 4.78 is 38.2. The van der Waals surface area contributed by atoms with Gasteiger partial charge in [-0.2, -0.15) is 0 Å². The van der Waals surface area contributed by atoms with Crippen LogP contribution in [0.3, 0.4) is 0 Å². The minimum absolute atomic E-state index is 0.129. The van der Waals surface area contributed by atoms with E-state index in [1.807, 2.05) is 0 Å². The third-order valence-electron chi connectivity index (χ3n) is 5.05. The minimum atomic E-state index is -3.56. The average molecular weight is 449 g/mol. The van der Waals surface area contributed by atoms with Gasteiger partial charge in [0.2, 0.25) is 22.7 Å². The normalized spacial score (nSPS) is 16.9. The number of carbonyl (C=O) groups excluding carboxylic acids is 1. The third-order valence-corrected chi connectivity index (χ3v) is 6.87. The van der Waals surface area contributed by atoms with Gasteiger partial charge in [-0.3, -0.25) is 4.79 Å². The van der Waals surface area contributed by atoms with Gasteiger partial charge in [-0.05, 0) is 48.7 Å². The van der Waals surface area contributed by atoms with Gasteiger partial charge in [-0.15, -0.1) is 0 Å².